The molecule has 0 unspecified atom stereocenters. The molecule has 5 heteroatoms. The van der Waals surface area contributed by atoms with Crippen LogP contribution in [0.2, 0.25) is 0 Å². The smallest absolute Gasteiger partial charge is 0.303 e. The predicted molar refractivity (Wildman–Crippen MR) is 72.8 cm³/mol. The van der Waals surface area contributed by atoms with E-state index >= 15 is 0 Å². The van der Waals surface area contributed by atoms with Gasteiger partial charge in [-0.15, -0.1) is 0 Å². The highest BCUT2D eigenvalue weighted by Gasteiger charge is 2.20. The van der Waals surface area contributed by atoms with Gasteiger partial charge in [0.25, 0.3) is 0 Å². The Hall–Kier alpha value is -1.36. The summed E-state index contributed by atoms with van der Waals surface area (Å²) in [5.74, 6) is -0.0832. The standard InChI is InChI=1S/C14H23N3O2/c1-2-17-11-13(9-15-17)10-16-7-5-12(6-8-16)3-4-14(18)19/h9,11-12H,2-8,10H2,1H3,(H,18,19). The molecule has 0 saturated carbocycles. The van der Waals surface area contributed by atoms with Crippen LogP contribution >= 0.6 is 0 Å². The van der Waals surface area contributed by atoms with Crippen molar-refractivity contribution >= 4 is 5.97 Å². The number of nitrogens with zero attached hydrogens (tertiary/aromatic N) is 3. The van der Waals surface area contributed by atoms with Gasteiger partial charge in [-0.3, -0.25) is 14.4 Å². The first-order chi connectivity index (χ1) is 9.17. The molecule has 1 aromatic rings. The minimum atomic E-state index is -0.672. The molecule has 0 bridgehead atoms. The van der Waals surface area contributed by atoms with Gasteiger partial charge in [0.15, 0.2) is 0 Å². The van der Waals surface area contributed by atoms with Gasteiger partial charge in [0, 0.05) is 31.3 Å². The lowest BCUT2D eigenvalue weighted by molar-refractivity contribution is -0.137. The highest BCUT2D eigenvalue weighted by Crippen LogP contribution is 2.22. The van der Waals surface area contributed by atoms with Gasteiger partial charge < -0.3 is 5.11 Å². The molecule has 19 heavy (non-hydrogen) atoms. The molecule has 1 saturated heterocycles. The Balaban J connectivity index is 1.72. The monoisotopic (exact) mass is 265 g/mol. The van der Waals surface area contributed by atoms with E-state index in [-0.39, 0.29) is 0 Å². The van der Waals surface area contributed by atoms with Gasteiger partial charge in [-0.25, -0.2) is 0 Å². The maximum Gasteiger partial charge on any atom is 0.303 e. The van der Waals surface area contributed by atoms with Crippen molar-refractivity contribution in [1.82, 2.24) is 14.7 Å². The van der Waals surface area contributed by atoms with Gasteiger partial charge >= 0.3 is 5.97 Å². The Morgan fingerprint density at radius 1 is 1.47 bits per heavy atom. The molecule has 0 atom stereocenters. The van der Waals surface area contributed by atoms with Crippen molar-refractivity contribution in [3.8, 4) is 0 Å². The molecule has 2 heterocycles. The van der Waals surface area contributed by atoms with E-state index in [0.29, 0.717) is 12.3 Å². The van der Waals surface area contributed by atoms with E-state index in [2.05, 4.69) is 23.1 Å². The van der Waals surface area contributed by atoms with Crippen molar-refractivity contribution in [3.05, 3.63) is 18.0 Å². The molecule has 1 aliphatic heterocycles. The van der Waals surface area contributed by atoms with E-state index in [1.54, 1.807) is 0 Å². The van der Waals surface area contributed by atoms with Crippen LogP contribution < -0.4 is 0 Å². The summed E-state index contributed by atoms with van der Waals surface area (Å²) in [6.07, 6.45) is 7.44. The topological polar surface area (TPSA) is 58.4 Å². The second-order valence-electron chi connectivity index (χ2n) is 5.36. The SMILES string of the molecule is CCn1cc(CN2CCC(CCC(=O)O)CC2)cn1. The third-order valence-corrected chi connectivity index (χ3v) is 3.89. The molecule has 0 radical (unpaired) electrons. The van der Waals surface area contributed by atoms with Crippen LogP contribution in [0, 0.1) is 5.92 Å². The van der Waals surface area contributed by atoms with Crippen molar-refractivity contribution in [2.24, 2.45) is 5.92 Å². The fourth-order valence-corrected chi connectivity index (χ4v) is 2.68. The molecule has 0 aromatic carbocycles. The third kappa shape index (κ3) is 4.35. The number of carboxylic acids is 1. The largest absolute Gasteiger partial charge is 0.481 e. The van der Waals surface area contributed by atoms with E-state index < -0.39 is 5.97 Å². The summed E-state index contributed by atoms with van der Waals surface area (Å²) in [6.45, 7) is 6.11. The van der Waals surface area contributed by atoms with Crippen molar-refractivity contribution in [2.45, 2.75) is 45.7 Å². The highest BCUT2D eigenvalue weighted by molar-refractivity contribution is 5.66. The van der Waals surface area contributed by atoms with Gasteiger partial charge in [0.2, 0.25) is 0 Å². The highest BCUT2D eigenvalue weighted by atomic mass is 16.4. The van der Waals surface area contributed by atoms with Crippen LogP contribution in [0.25, 0.3) is 0 Å². The zero-order valence-electron chi connectivity index (χ0n) is 11.6. The first-order valence-electron chi connectivity index (χ1n) is 7.13. The first-order valence-corrected chi connectivity index (χ1v) is 7.13. The lowest BCUT2D eigenvalue weighted by atomic mass is 9.92. The molecule has 1 N–H and O–H groups in total. The molecule has 106 valence electrons. The lowest BCUT2D eigenvalue weighted by Crippen LogP contribution is -2.33. The number of aliphatic carboxylic acids is 1. The second kappa shape index (κ2) is 6.70. The summed E-state index contributed by atoms with van der Waals surface area (Å²) in [4.78, 5) is 13.0. The quantitative estimate of drug-likeness (QED) is 0.854. The number of likely N-dealkylation sites (tertiary alicyclic amines) is 1. The minimum absolute atomic E-state index is 0.313. The normalized spacial score (nSPS) is 17.7. The van der Waals surface area contributed by atoms with Gasteiger partial charge in [-0.2, -0.15) is 5.10 Å². The average Bonchev–Trinajstić information content (AvgIpc) is 2.85. The summed E-state index contributed by atoms with van der Waals surface area (Å²) < 4.78 is 1.95. The van der Waals surface area contributed by atoms with Crippen LogP contribution in [0.3, 0.4) is 0 Å². The summed E-state index contributed by atoms with van der Waals surface area (Å²) in [5, 5.41) is 13.0. The van der Waals surface area contributed by atoms with E-state index in [1.807, 2.05) is 10.9 Å². The van der Waals surface area contributed by atoms with Crippen molar-refractivity contribution in [3.63, 3.8) is 0 Å². The predicted octanol–water partition coefficient (Wildman–Crippen LogP) is 1.98. The average molecular weight is 265 g/mol. The van der Waals surface area contributed by atoms with Crippen LogP contribution in [0.15, 0.2) is 12.4 Å². The van der Waals surface area contributed by atoms with Crippen LogP contribution in [0.1, 0.15) is 38.2 Å². The third-order valence-electron chi connectivity index (χ3n) is 3.89. The maximum absolute atomic E-state index is 10.6. The maximum atomic E-state index is 10.6. The number of aromatic nitrogens is 2. The number of piperidine rings is 1. The van der Waals surface area contributed by atoms with Gasteiger partial charge in [-0.05, 0) is 45.2 Å². The van der Waals surface area contributed by atoms with Crippen molar-refractivity contribution in [2.75, 3.05) is 13.1 Å². The molecular formula is C14H23N3O2. The Kier molecular flexibility index (Phi) is 4.96. The van der Waals surface area contributed by atoms with Crippen LogP contribution in [-0.4, -0.2) is 38.8 Å². The molecule has 2 rings (SSSR count). The zero-order valence-corrected chi connectivity index (χ0v) is 11.6. The van der Waals surface area contributed by atoms with E-state index in [4.69, 9.17) is 5.11 Å². The minimum Gasteiger partial charge on any atom is -0.481 e. The van der Waals surface area contributed by atoms with Gasteiger partial charge in [-0.1, -0.05) is 0 Å². The molecule has 1 aliphatic rings. The molecule has 0 spiro atoms. The fourth-order valence-electron chi connectivity index (χ4n) is 2.68. The van der Waals surface area contributed by atoms with Crippen LogP contribution in [-0.2, 0) is 17.9 Å². The van der Waals surface area contributed by atoms with E-state index in [9.17, 15) is 4.79 Å². The summed E-state index contributed by atoms with van der Waals surface area (Å²) >= 11 is 0. The number of hydrogen-bond acceptors (Lipinski definition) is 3. The Morgan fingerprint density at radius 3 is 2.79 bits per heavy atom. The van der Waals surface area contributed by atoms with Crippen molar-refractivity contribution in [1.29, 1.82) is 0 Å². The summed E-state index contributed by atoms with van der Waals surface area (Å²) in [7, 11) is 0. The molecule has 1 fully saturated rings. The van der Waals surface area contributed by atoms with E-state index in [0.717, 1.165) is 45.4 Å². The lowest BCUT2D eigenvalue weighted by Gasteiger charge is -2.31. The number of hydrogen-bond donors (Lipinski definition) is 1. The fraction of sp³-hybridized carbons (Fsp3) is 0.714. The number of aryl methyl sites for hydroxylation is 1. The number of carbonyl (C=O) groups is 1. The van der Waals surface area contributed by atoms with Crippen molar-refractivity contribution < 1.29 is 9.90 Å². The molecule has 1 aromatic heterocycles. The summed E-state index contributed by atoms with van der Waals surface area (Å²) in [6, 6.07) is 0. The Morgan fingerprint density at radius 2 is 2.21 bits per heavy atom. The number of rotatable bonds is 6. The second-order valence-corrected chi connectivity index (χ2v) is 5.36. The van der Waals surface area contributed by atoms with Gasteiger partial charge in [0.1, 0.15) is 0 Å². The number of carboxylic acid groups (broad SMARTS) is 1. The zero-order chi connectivity index (χ0) is 13.7. The van der Waals surface area contributed by atoms with Gasteiger partial charge in [0.05, 0.1) is 6.20 Å². The molecular weight excluding hydrogens is 242 g/mol. The van der Waals surface area contributed by atoms with E-state index in [1.165, 1.54) is 5.56 Å². The van der Waals surface area contributed by atoms with Crippen LogP contribution in [0.5, 0.6) is 0 Å². The Bertz CT molecular complexity index is 409. The van der Waals surface area contributed by atoms with Crippen LogP contribution in [0.4, 0.5) is 0 Å². The molecule has 0 aliphatic carbocycles. The first kappa shape index (κ1) is 14.1. The molecule has 5 nitrogen and oxygen atoms in total. The Labute approximate surface area is 114 Å². The summed E-state index contributed by atoms with van der Waals surface area (Å²) in [5.41, 5.74) is 1.27. The molecule has 0 amide bonds.